The van der Waals surface area contributed by atoms with Crippen molar-refractivity contribution in [1.82, 2.24) is 0 Å². The van der Waals surface area contributed by atoms with Gasteiger partial charge in [-0.3, -0.25) is 14.4 Å². The lowest BCUT2D eigenvalue weighted by molar-refractivity contribution is -0.277. The molecule has 4 aliphatic heterocycles. The van der Waals surface area contributed by atoms with Crippen LogP contribution in [0.3, 0.4) is 0 Å². The van der Waals surface area contributed by atoms with Gasteiger partial charge in [-0.2, -0.15) is 0 Å². The first-order chi connectivity index (χ1) is 18.1. The molecule has 4 aliphatic rings. The van der Waals surface area contributed by atoms with E-state index >= 15 is 0 Å². The molecule has 0 radical (unpaired) electrons. The monoisotopic (exact) mass is 532 g/mol. The molecule has 0 spiro atoms. The highest BCUT2D eigenvalue weighted by Gasteiger charge is 2.45. The van der Waals surface area contributed by atoms with Gasteiger partial charge in [-0.1, -0.05) is 12.1 Å². The third-order valence-corrected chi connectivity index (χ3v) is 6.00. The van der Waals surface area contributed by atoms with Gasteiger partial charge >= 0.3 is 17.9 Å². The normalized spacial score (nSPS) is 25.3. The Hall–Kier alpha value is -4.21. The van der Waals surface area contributed by atoms with E-state index in [0.717, 1.165) is 6.07 Å². The zero-order valence-electron chi connectivity index (χ0n) is 19.1. The number of carbonyl (C=O) groups is 2. The summed E-state index contributed by atoms with van der Waals surface area (Å²) in [7, 11) is 0. The fourth-order valence-corrected chi connectivity index (χ4v) is 4.10. The van der Waals surface area contributed by atoms with E-state index in [2.05, 4.69) is 0 Å². The van der Waals surface area contributed by atoms with Crippen LogP contribution in [0.1, 0.15) is 6.42 Å². The summed E-state index contributed by atoms with van der Waals surface area (Å²) in [6.45, 7) is -0.757. The van der Waals surface area contributed by atoms with E-state index in [9.17, 15) is 45.0 Å². The highest BCUT2D eigenvalue weighted by Crippen LogP contribution is 2.45. The molecule has 38 heavy (non-hydrogen) atoms. The van der Waals surface area contributed by atoms with Crippen LogP contribution in [0.2, 0.25) is 0 Å². The van der Waals surface area contributed by atoms with Crippen molar-refractivity contribution in [3.05, 3.63) is 40.6 Å². The van der Waals surface area contributed by atoms with E-state index in [1.807, 2.05) is 0 Å². The largest absolute Gasteiger partial charge is 0.508 e. The average molecular weight is 532 g/mol. The number of fused-ring (bicyclic) bond motifs is 2. The van der Waals surface area contributed by atoms with Gasteiger partial charge < -0.3 is 54.0 Å². The lowest BCUT2D eigenvalue weighted by Gasteiger charge is -2.39. The third kappa shape index (κ3) is 4.29. The number of aliphatic hydroxyl groups is 4. The quantitative estimate of drug-likeness (QED) is 0.138. The summed E-state index contributed by atoms with van der Waals surface area (Å²) in [5.41, 5.74) is -1.44. The molecule has 0 saturated carbocycles. The minimum absolute atomic E-state index is 0.116. The average Bonchev–Trinajstić information content (AvgIpc) is 2.90. The number of benzene rings is 2. The van der Waals surface area contributed by atoms with Gasteiger partial charge in [0.2, 0.25) is 17.5 Å². The van der Waals surface area contributed by atoms with E-state index in [1.165, 1.54) is 24.3 Å². The predicted molar refractivity (Wildman–Crippen MR) is 122 cm³/mol. The van der Waals surface area contributed by atoms with Gasteiger partial charge in [0.15, 0.2) is 11.5 Å². The standard InChI is InChI=1S/C24H20O14/c25-7-12-17(29)20(32)21(33)24(36-12)35-11-5-10-16-18(30)15(8-1-3-9(26)4-2-8)23(34-10)38-14(28)6-13(27)37-22(11)19(16)31/h1-5,12,17,20-21,24-26,29,31-33H,6-7H2/t12?,17-,20?,21?,24-/m1/s1. The molecule has 6 N–H and O–H groups in total. The molecule has 3 aromatic rings. The Labute approximate surface area is 211 Å². The van der Waals surface area contributed by atoms with E-state index in [1.54, 1.807) is 0 Å². The number of rotatable bonds is 4. The summed E-state index contributed by atoms with van der Waals surface area (Å²) in [5, 5.41) is 59.9. The molecule has 200 valence electrons. The number of hydrogen-bond acceptors (Lipinski definition) is 14. The fraction of sp³-hybridized carbons (Fsp3) is 0.292. The fourth-order valence-electron chi connectivity index (χ4n) is 4.10. The van der Waals surface area contributed by atoms with Crippen LogP contribution in [0.4, 0.5) is 0 Å². The first-order valence-electron chi connectivity index (χ1n) is 11.1. The zero-order valence-corrected chi connectivity index (χ0v) is 19.1. The number of phenols is 2. The second kappa shape index (κ2) is 9.59. The number of hydrogen-bond donors (Lipinski definition) is 6. The highest BCUT2D eigenvalue weighted by molar-refractivity contribution is 5.98. The first kappa shape index (κ1) is 25.4. The molecule has 14 heteroatoms. The van der Waals surface area contributed by atoms with E-state index in [4.69, 9.17) is 23.4 Å². The van der Waals surface area contributed by atoms with Crippen LogP contribution in [0, 0.1) is 0 Å². The maximum Gasteiger partial charge on any atom is 0.324 e. The van der Waals surface area contributed by atoms with Crippen LogP contribution in [-0.2, 0) is 14.3 Å². The second-order valence-corrected chi connectivity index (χ2v) is 8.51. The smallest absolute Gasteiger partial charge is 0.324 e. The SMILES string of the molecule is O=C1CC(=O)Oc2c(O[C@@H]3OC(CO)[C@@H](O)C(O)C3O)cc3oc(c(-c4ccc(O)cc4)c(=O)c3c2O)O1. The molecule has 5 heterocycles. The molecule has 14 nitrogen and oxygen atoms in total. The summed E-state index contributed by atoms with van der Waals surface area (Å²) in [5.74, 6) is -5.31. The predicted octanol–water partition coefficient (Wildman–Crippen LogP) is -0.736. The Bertz CT molecular complexity index is 1470. The molecule has 1 aromatic heterocycles. The second-order valence-electron chi connectivity index (χ2n) is 8.51. The summed E-state index contributed by atoms with van der Waals surface area (Å²) in [4.78, 5) is 38.3. The lowest BCUT2D eigenvalue weighted by atomic mass is 9.99. The summed E-state index contributed by atoms with van der Waals surface area (Å²) in [6.07, 6.45) is -9.44. The van der Waals surface area contributed by atoms with Crippen molar-refractivity contribution in [3.63, 3.8) is 0 Å². The Morgan fingerprint density at radius 2 is 1.61 bits per heavy atom. The maximum atomic E-state index is 13.5. The van der Waals surface area contributed by atoms with Crippen molar-refractivity contribution in [1.29, 1.82) is 0 Å². The molecule has 0 aliphatic carbocycles. The molecule has 5 atom stereocenters. The first-order valence-corrected chi connectivity index (χ1v) is 11.1. The van der Waals surface area contributed by atoms with Gasteiger partial charge in [-0.05, 0) is 17.7 Å². The highest BCUT2D eigenvalue weighted by atomic mass is 16.7. The van der Waals surface area contributed by atoms with Gasteiger partial charge in [-0.25, -0.2) is 0 Å². The Morgan fingerprint density at radius 1 is 0.921 bits per heavy atom. The number of carbonyl (C=O) groups excluding carboxylic acids is 2. The van der Waals surface area contributed by atoms with Crippen LogP contribution < -0.4 is 19.6 Å². The number of aliphatic hydroxyl groups excluding tert-OH is 4. The lowest BCUT2D eigenvalue weighted by Crippen LogP contribution is -2.60. The summed E-state index contributed by atoms with van der Waals surface area (Å²) in [6, 6.07) is 6.18. The van der Waals surface area contributed by atoms with Crippen molar-refractivity contribution < 1.29 is 63.6 Å². The molecule has 3 unspecified atom stereocenters. The van der Waals surface area contributed by atoms with Crippen molar-refractivity contribution in [2.75, 3.05) is 6.61 Å². The summed E-state index contributed by atoms with van der Waals surface area (Å²) >= 11 is 0. The van der Waals surface area contributed by atoms with Crippen LogP contribution in [0.5, 0.6) is 28.9 Å². The van der Waals surface area contributed by atoms with Crippen molar-refractivity contribution in [3.8, 4) is 40.1 Å². The Balaban J connectivity index is 1.70. The molecule has 0 amide bonds. The summed E-state index contributed by atoms with van der Waals surface area (Å²) < 4.78 is 26.7. The van der Waals surface area contributed by atoms with Gasteiger partial charge in [0.25, 0.3) is 0 Å². The van der Waals surface area contributed by atoms with Gasteiger partial charge in [-0.15, -0.1) is 0 Å². The topological polar surface area (TPSA) is 223 Å². The van der Waals surface area contributed by atoms with Crippen molar-refractivity contribution >= 4 is 22.9 Å². The van der Waals surface area contributed by atoms with Crippen LogP contribution in [0.15, 0.2) is 39.5 Å². The molecule has 1 saturated heterocycles. The number of aromatic hydroxyl groups is 2. The van der Waals surface area contributed by atoms with Gasteiger partial charge in [0.1, 0.15) is 53.1 Å². The zero-order chi connectivity index (χ0) is 27.3. The molecule has 4 bridgehead atoms. The van der Waals surface area contributed by atoms with Crippen LogP contribution in [0.25, 0.3) is 22.1 Å². The van der Waals surface area contributed by atoms with E-state index in [0.29, 0.717) is 0 Å². The minimum Gasteiger partial charge on any atom is -0.508 e. The minimum atomic E-state index is -1.87. The van der Waals surface area contributed by atoms with Crippen LogP contribution in [-0.4, -0.2) is 79.9 Å². The number of ether oxygens (including phenoxy) is 4. The third-order valence-electron chi connectivity index (χ3n) is 6.00. The van der Waals surface area contributed by atoms with E-state index in [-0.39, 0.29) is 22.5 Å². The molecular formula is C24H20O14. The van der Waals surface area contributed by atoms with Gasteiger partial charge in [0, 0.05) is 6.07 Å². The Morgan fingerprint density at radius 3 is 2.29 bits per heavy atom. The maximum absolute atomic E-state index is 13.5. The van der Waals surface area contributed by atoms with Crippen LogP contribution >= 0.6 is 0 Å². The molecule has 1 fully saturated rings. The van der Waals surface area contributed by atoms with Crippen molar-refractivity contribution in [2.45, 2.75) is 37.1 Å². The number of phenolic OH excluding ortho intramolecular Hbond substituents is 2. The number of esters is 2. The molecule has 2 aromatic carbocycles. The van der Waals surface area contributed by atoms with Crippen molar-refractivity contribution in [2.24, 2.45) is 0 Å². The van der Waals surface area contributed by atoms with Gasteiger partial charge in [0.05, 0.1) is 6.61 Å². The molecule has 7 rings (SSSR count). The molecular weight excluding hydrogens is 512 g/mol. The Kier molecular flexibility index (Phi) is 6.42. The van der Waals surface area contributed by atoms with E-state index < -0.39 is 89.7 Å².